The number of amides is 1. The van der Waals surface area contributed by atoms with Gasteiger partial charge in [0.2, 0.25) is 0 Å². The second-order valence-corrected chi connectivity index (χ2v) is 5.97. The topological polar surface area (TPSA) is 56.6 Å². The van der Waals surface area contributed by atoms with Gasteiger partial charge in [0.15, 0.2) is 0 Å². The third-order valence-corrected chi connectivity index (χ3v) is 4.30. The summed E-state index contributed by atoms with van der Waals surface area (Å²) in [6, 6.07) is 7.94. The van der Waals surface area contributed by atoms with Gasteiger partial charge in [-0.05, 0) is 41.8 Å². The van der Waals surface area contributed by atoms with Crippen molar-refractivity contribution < 1.29 is 14.3 Å². The van der Waals surface area contributed by atoms with Crippen molar-refractivity contribution in [3.63, 3.8) is 0 Å². The average Bonchev–Trinajstić information content (AvgIpc) is 3.27. The Bertz CT molecular complexity index is 754. The molecule has 0 atom stereocenters. The molecule has 2 heterocycles. The van der Waals surface area contributed by atoms with Crippen LogP contribution >= 0.6 is 0 Å². The van der Waals surface area contributed by atoms with E-state index in [2.05, 4.69) is 11.7 Å². The van der Waals surface area contributed by atoms with Gasteiger partial charge in [0, 0.05) is 32.1 Å². The Morgan fingerprint density at radius 1 is 1.40 bits per heavy atom. The van der Waals surface area contributed by atoms with Gasteiger partial charge in [-0.1, -0.05) is 12.6 Å². The van der Waals surface area contributed by atoms with Crippen LogP contribution in [-0.2, 0) is 40.6 Å². The lowest BCUT2D eigenvalue weighted by Gasteiger charge is -2.22. The molecule has 0 saturated heterocycles. The number of aryl methyl sites for hydroxylation is 1. The van der Waals surface area contributed by atoms with Crippen molar-refractivity contribution in [3.05, 3.63) is 59.9 Å². The van der Waals surface area contributed by atoms with Gasteiger partial charge >= 0.3 is 0 Å². The fourth-order valence-corrected chi connectivity index (χ4v) is 2.95. The van der Waals surface area contributed by atoms with Gasteiger partial charge in [-0.3, -0.25) is 9.48 Å². The van der Waals surface area contributed by atoms with Crippen molar-refractivity contribution >= 4 is 11.6 Å². The molecule has 132 valence electrons. The van der Waals surface area contributed by atoms with E-state index >= 15 is 0 Å². The summed E-state index contributed by atoms with van der Waals surface area (Å²) < 4.78 is 12.5. The van der Waals surface area contributed by atoms with Crippen LogP contribution in [0.2, 0.25) is 0 Å². The first-order valence-corrected chi connectivity index (χ1v) is 8.36. The lowest BCUT2D eigenvalue weighted by Crippen LogP contribution is -2.30. The molecule has 1 aliphatic heterocycles. The Morgan fingerprint density at radius 2 is 2.24 bits per heavy atom. The maximum atomic E-state index is 12.4. The number of carbonyl (C=O) groups is 1. The van der Waals surface area contributed by atoms with Crippen LogP contribution < -0.4 is 4.90 Å². The Morgan fingerprint density at radius 3 is 3.04 bits per heavy atom. The zero-order chi connectivity index (χ0) is 17.6. The molecule has 0 radical (unpaired) electrons. The second-order valence-electron chi connectivity index (χ2n) is 5.97. The molecular weight excluding hydrogens is 318 g/mol. The van der Waals surface area contributed by atoms with Crippen molar-refractivity contribution in [1.82, 2.24) is 9.78 Å². The molecule has 0 bridgehead atoms. The molecule has 0 fully saturated rings. The molecule has 0 N–H and O–H groups in total. The molecule has 1 amide bonds. The SMILES string of the molecule is C=CC(=O)N(Cc1ccnn1CCCOC)c1ccc2c(c1)COC2. The first-order chi connectivity index (χ1) is 12.2. The number of ether oxygens (including phenoxy) is 2. The van der Waals surface area contributed by atoms with Gasteiger partial charge in [0.25, 0.3) is 5.91 Å². The largest absolute Gasteiger partial charge is 0.385 e. The molecular formula is C19H23N3O3. The average molecular weight is 341 g/mol. The lowest BCUT2D eigenvalue weighted by atomic mass is 10.1. The molecule has 6 nitrogen and oxygen atoms in total. The van der Waals surface area contributed by atoms with Crippen molar-refractivity contribution in [2.45, 2.75) is 32.7 Å². The zero-order valence-corrected chi connectivity index (χ0v) is 14.5. The fourth-order valence-electron chi connectivity index (χ4n) is 2.95. The van der Waals surface area contributed by atoms with Crippen LogP contribution in [-0.4, -0.2) is 29.4 Å². The van der Waals surface area contributed by atoms with E-state index in [1.807, 2.05) is 28.9 Å². The number of hydrogen-bond acceptors (Lipinski definition) is 4. The molecule has 2 aromatic rings. The third-order valence-electron chi connectivity index (χ3n) is 4.30. The summed E-state index contributed by atoms with van der Waals surface area (Å²) >= 11 is 0. The number of benzene rings is 1. The maximum Gasteiger partial charge on any atom is 0.250 e. The molecule has 25 heavy (non-hydrogen) atoms. The minimum Gasteiger partial charge on any atom is -0.385 e. The predicted octanol–water partition coefficient (Wildman–Crippen LogP) is 2.67. The molecule has 1 aromatic heterocycles. The molecule has 1 aromatic carbocycles. The number of hydrogen-bond donors (Lipinski definition) is 0. The van der Waals surface area contributed by atoms with Crippen molar-refractivity contribution in [2.24, 2.45) is 0 Å². The summed E-state index contributed by atoms with van der Waals surface area (Å²) in [6.07, 6.45) is 3.97. The Kier molecular flexibility index (Phi) is 5.63. The monoisotopic (exact) mass is 341 g/mol. The van der Waals surface area contributed by atoms with Crippen LogP contribution in [0.1, 0.15) is 23.2 Å². The van der Waals surface area contributed by atoms with Crippen molar-refractivity contribution in [3.8, 4) is 0 Å². The Hall–Kier alpha value is -2.44. The van der Waals surface area contributed by atoms with E-state index in [4.69, 9.17) is 9.47 Å². The summed E-state index contributed by atoms with van der Waals surface area (Å²) in [5.74, 6) is -0.136. The van der Waals surface area contributed by atoms with E-state index in [1.165, 1.54) is 11.6 Å². The van der Waals surface area contributed by atoms with Gasteiger partial charge in [0.1, 0.15) is 0 Å². The number of rotatable bonds is 8. The Balaban J connectivity index is 1.82. The van der Waals surface area contributed by atoms with Crippen LogP contribution in [0, 0.1) is 0 Å². The molecule has 0 spiro atoms. The third kappa shape index (κ3) is 3.97. The second kappa shape index (κ2) is 8.09. The number of aromatic nitrogens is 2. The molecule has 0 unspecified atom stereocenters. The molecule has 6 heteroatoms. The van der Waals surface area contributed by atoms with Gasteiger partial charge < -0.3 is 14.4 Å². The molecule has 0 aliphatic carbocycles. The van der Waals surface area contributed by atoms with E-state index < -0.39 is 0 Å². The summed E-state index contributed by atoms with van der Waals surface area (Å²) in [7, 11) is 1.69. The highest BCUT2D eigenvalue weighted by molar-refractivity contribution is 6.01. The van der Waals surface area contributed by atoms with Gasteiger partial charge in [0.05, 0.1) is 25.5 Å². The maximum absolute atomic E-state index is 12.4. The fraction of sp³-hybridized carbons (Fsp3) is 0.368. The van der Waals surface area contributed by atoms with E-state index in [9.17, 15) is 4.79 Å². The van der Waals surface area contributed by atoms with Crippen LogP contribution in [0.3, 0.4) is 0 Å². The first kappa shape index (κ1) is 17.4. The van der Waals surface area contributed by atoms with E-state index in [-0.39, 0.29) is 5.91 Å². The minimum atomic E-state index is -0.136. The van der Waals surface area contributed by atoms with Crippen LogP contribution in [0.4, 0.5) is 5.69 Å². The number of nitrogens with zero attached hydrogens (tertiary/aromatic N) is 3. The predicted molar refractivity (Wildman–Crippen MR) is 95.0 cm³/mol. The molecule has 3 rings (SSSR count). The van der Waals surface area contributed by atoms with Crippen LogP contribution in [0.25, 0.3) is 0 Å². The number of methoxy groups -OCH3 is 1. The van der Waals surface area contributed by atoms with Crippen LogP contribution in [0.15, 0.2) is 43.1 Å². The number of anilines is 1. The smallest absolute Gasteiger partial charge is 0.250 e. The van der Waals surface area contributed by atoms with Gasteiger partial charge in [-0.2, -0.15) is 5.10 Å². The summed E-state index contributed by atoms with van der Waals surface area (Å²) in [4.78, 5) is 14.2. The highest BCUT2D eigenvalue weighted by atomic mass is 16.5. The number of fused-ring (bicyclic) bond motifs is 1. The minimum absolute atomic E-state index is 0.136. The van der Waals surface area contributed by atoms with Gasteiger partial charge in [-0.15, -0.1) is 0 Å². The highest BCUT2D eigenvalue weighted by Gasteiger charge is 2.19. The number of carbonyl (C=O) groups excluding carboxylic acids is 1. The summed E-state index contributed by atoms with van der Waals surface area (Å²) in [5, 5.41) is 4.36. The van der Waals surface area contributed by atoms with E-state index in [0.29, 0.717) is 26.4 Å². The van der Waals surface area contributed by atoms with E-state index in [1.54, 1.807) is 18.2 Å². The lowest BCUT2D eigenvalue weighted by molar-refractivity contribution is -0.114. The van der Waals surface area contributed by atoms with Crippen LogP contribution in [0.5, 0.6) is 0 Å². The van der Waals surface area contributed by atoms with Crippen molar-refractivity contribution in [2.75, 3.05) is 18.6 Å². The Labute approximate surface area is 147 Å². The quantitative estimate of drug-likeness (QED) is 0.547. The standard InChI is InChI=1S/C19H23N3O3/c1-3-19(23)21(17-6-5-15-13-25-14-16(15)11-17)12-18-7-8-20-22(18)9-4-10-24-2/h3,5-8,11H,1,4,9-10,12-14H2,2H3. The zero-order valence-electron chi connectivity index (χ0n) is 14.5. The summed E-state index contributed by atoms with van der Waals surface area (Å²) in [6.45, 7) is 6.74. The molecule has 0 saturated carbocycles. The van der Waals surface area contributed by atoms with E-state index in [0.717, 1.165) is 29.9 Å². The highest BCUT2D eigenvalue weighted by Crippen LogP contribution is 2.26. The van der Waals surface area contributed by atoms with Crippen molar-refractivity contribution in [1.29, 1.82) is 0 Å². The normalized spacial score (nSPS) is 12.8. The van der Waals surface area contributed by atoms with Gasteiger partial charge in [-0.25, -0.2) is 0 Å². The first-order valence-electron chi connectivity index (χ1n) is 8.36. The molecule has 1 aliphatic rings. The summed E-state index contributed by atoms with van der Waals surface area (Å²) in [5.41, 5.74) is 4.13.